The maximum Gasteiger partial charge on any atom is 0.387 e. The fourth-order valence-corrected chi connectivity index (χ4v) is 3.38. The van der Waals surface area contributed by atoms with Crippen molar-refractivity contribution in [3.63, 3.8) is 0 Å². The summed E-state index contributed by atoms with van der Waals surface area (Å²) < 4.78 is 28.7. The Hall–Kier alpha value is -3.01. The van der Waals surface area contributed by atoms with Gasteiger partial charge in [-0.3, -0.25) is 4.90 Å². The lowest BCUT2D eigenvalue weighted by Gasteiger charge is -2.34. The zero-order valence-electron chi connectivity index (χ0n) is 17.6. The number of nitrogens with one attached hydrogen (secondary N) is 1. The average Bonchev–Trinajstić information content (AvgIpc) is 2.78. The Morgan fingerprint density at radius 2 is 1.84 bits per heavy atom. The third-order valence-corrected chi connectivity index (χ3v) is 5.05. The second kappa shape index (κ2) is 11.4. The topological polar surface area (TPSA) is 73.8 Å². The molecule has 3 rings (SSSR count). The minimum atomic E-state index is -2.85. The van der Waals surface area contributed by atoms with Crippen molar-refractivity contribution in [3.05, 3.63) is 48.3 Å². The normalized spacial score (nSPS) is 14.5. The third-order valence-electron chi connectivity index (χ3n) is 5.05. The first-order chi connectivity index (χ1) is 15.0. The number of urea groups is 1. The zero-order valence-corrected chi connectivity index (χ0v) is 17.6. The number of hydrogen-bond donors (Lipinski definition) is 1. The van der Waals surface area contributed by atoms with E-state index in [1.54, 1.807) is 36.5 Å². The summed E-state index contributed by atoms with van der Waals surface area (Å²) in [6.07, 6.45) is 4.37. The minimum Gasteiger partial charge on any atom is -0.435 e. The van der Waals surface area contributed by atoms with Crippen molar-refractivity contribution in [3.8, 4) is 5.75 Å². The lowest BCUT2D eigenvalue weighted by atomic mass is 10.2. The number of benzene rings is 1. The van der Waals surface area contributed by atoms with Crippen LogP contribution in [0.25, 0.3) is 0 Å². The number of ether oxygens (including phenoxy) is 1. The Balaban J connectivity index is 1.30. The van der Waals surface area contributed by atoms with Gasteiger partial charge in [0.1, 0.15) is 5.75 Å². The van der Waals surface area contributed by atoms with E-state index in [1.165, 1.54) is 12.1 Å². The summed E-state index contributed by atoms with van der Waals surface area (Å²) in [5, 5.41) is 2.92. The number of carbonyl (C=O) groups is 1. The number of carbonyl (C=O) groups excluding carboxylic acids is 1. The average molecular weight is 434 g/mol. The molecule has 1 aliphatic heterocycles. The molecule has 1 fully saturated rings. The molecule has 1 saturated heterocycles. The summed E-state index contributed by atoms with van der Waals surface area (Å²) in [6.45, 7) is 2.70. The zero-order chi connectivity index (χ0) is 22.1. The van der Waals surface area contributed by atoms with Gasteiger partial charge in [-0.1, -0.05) is 12.1 Å². The number of hydrogen-bond acceptors (Lipinski definition) is 6. The second-order valence-corrected chi connectivity index (χ2v) is 7.34. The number of alkyl halides is 2. The van der Waals surface area contributed by atoms with Crippen LogP contribution in [-0.4, -0.2) is 78.7 Å². The molecule has 2 aromatic rings. The SMILES string of the molecule is CN(Cc1ccc(OC(F)F)cc1)C(=O)NCCCN1CCN(c2ncccn2)CC1. The maximum absolute atomic E-state index is 12.3. The monoisotopic (exact) mass is 434 g/mol. The highest BCUT2D eigenvalue weighted by atomic mass is 19.3. The van der Waals surface area contributed by atoms with Crippen LogP contribution in [0.2, 0.25) is 0 Å². The number of anilines is 1. The molecule has 1 aromatic carbocycles. The van der Waals surface area contributed by atoms with Gasteiger partial charge in [-0.2, -0.15) is 8.78 Å². The number of amides is 2. The van der Waals surface area contributed by atoms with Crippen molar-refractivity contribution in [1.29, 1.82) is 0 Å². The smallest absolute Gasteiger partial charge is 0.387 e. The predicted octanol–water partition coefficient (Wildman–Crippen LogP) is 2.43. The Kier molecular flexibility index (Phi) is 8.34. The molecule has 2 amide bonds. The van der Waals surface area contributed by atoms with E-state index >= 15 is 0 Å². The van der Waals surface area contributed by atoms with Gasteiger partial charge in [-0.05, 0) is 36.7 Å². The van der Waals surface area contributed by atoms with E-state index in [2.05, 4.69) is 29.8 Å². The Morgan fingerprint density at radius 3 is 2.48 bits per heavy atom. The van der Waals surface area contributed by atoms with E-state index in [1.807, 2.05) is 6.07 Å². The number of rotatable bonds is 9. The molecule has 1 aliphatic rings. The molecule has 0 spiro atoms. The van der Waals surface area contributed by atoms with Gasteiger partial charge in [0.2, 0.25) is 5.95 Å². The number of aromatic nitrogens is 2. The summed E-state index contributed by atoms with van der Waals surface area (Å²) in [5.41, 5.74) is 0.833. The largest absolute Gasteiger partial charge is 0.435 e. The molecule has 0 radical (unpaired) electrons. The van der Waals surface area contributed by atoms with Crippen LogP contribution in [0.15, 0.2) is 42.7 Å². The Morgan fingerprint density at radius 1 is 1.16 bits per heavy atom. The van der Waals surface area contributed by atoms with Crippen molar-refractivity contribution in [1.82, 2.24) is 25.1 Å². The molecule has 31 heavy (non-hydrogen) atoms. The van der Waals surface area contributed by atoms with Gasteiger partial charge < -0.3 is 19.9 Å². The molecular formula is C21H28F2N6O2. The van der Waals surface area contributed by atoms with E-state index in [-0.39, 0.29) is 11.8 Å². The van der Waals surface area contributed by atoms with Gasteiger partial charge in [0.25, 0.3) is 0 Å². The number of halogens is 2. The van der Waals surface area contributed by atoms with Crippen LogP contribution in [0, 0.1) is 0 Å². The quantitative estimate of drug-likeness (QED) is 0.611. The highest BCUT2D eigenvalue weighted by molar-refractivity contribution is 5.73. The van der Waals surface area contributed by atoms with Crippen LogP contribution >= 0.6 is 0 Å². The first kappa shape index (κ1) is 22.7. The van der Waals surface area contributed by atoms with Crippen LogP contribution in [-0.2, 0) is 6.54 Å². The standard InChI is InChI=1S/C21H28F2N6O2/c1-27(16-17-4-6-18(7-5-17)31-19(22)23)21(30)26-10-3-11-28-12-14-29(15-13-28)20-24-8-2-9-25-20/h2,4-9,19H,3,10-16H2,1H3,(H,26,30). The molecule has 0 unspecified atom stereocenters. The van der Waals surface area contributed by atoms with E-state index in [4.69, 9.17) is 0 Å². The Bertz CT molecular complexity index is 801. The minimum absolute atomic E-state index is 0.1000. The predicted molar refractivity (Wildman–Crippen MR) is 113 cm³/mol. The molecule has 0 aliphatic carbocycles. The third kappa shape index (κ3) is 7.32. The van der Waals surface area contributed by atoms with Crippen LogP contribution < -0.4 is 15.0 Å². The van der Waals surface area contributed by atoms with Crippen molar-refractivity contribution in [2.24, 2.45) is 0 Å². The van der Waals surface area contributed by atoms with Crippen LogP contribution in [0.3, 0.4) is 0 Å². The van der Waals surface area contributed by atoms with Crippen LogP contribution in [0.5, 0.6) is 5.75 Å². The fourth-order valence-electron chi connectivity index (χ4n) is 3.38. The molecule has 2 heterocycles. The molecule has 1 N–H and O–H groups in total. The first-order valence-electron chi connectivity index (χ1n) is 10.3. The highest BCUT2D eigenvalue weighted by Gasteiger charge is 2.18. The fraction of sp³-hybridized carbons (Fsp3) is 0.476. The summed E-state index contributed by atoms with van der Waals surface area (Å²) in [4.78, 5) is 27.0. The van der Waals surface area contributed by atoms with E-state index < -0.39 is 6.61 Å². The van der Waals surface area contributed by atoms with Crippen LogP contribution in [0.4, 0.5) is 19.5 Å². The highest BCUT2D eigenvalue weighted by Crippen LogP contribution is 2.16. The van der Waals surface area contributed by atoms with E-state index in [9.17, 15) is 13.6 Å². The Labute approximate surface area is 180 Å². The van der Waals surface area contributed by atoms with Gasteiger partial charge in [0, 0.05) is 58.7 Å². The lowest BCUT2D eigenvalue weighted by Crippen LogP contribution is -2.47. The summed E-state index contributed by atoms with van der Waals surface area (Å²) in [7, 11) is 1.70. The molecule has 1 aromatic heterocycles. The number of nitrogens with zero attached hydrogens (tertiary/aromatic N) is 5. The van der Waals surface area contributed by atoms with E-state index in [0.29, 0.717) is 13.1 Å². The summed E-state index contributed by atoms with van der Waals surface area (Å²) in [6, 6.07) is 7.92. The molecule has 10 heteroatoms. The summed E-state index contributed by atoms with van der Waals surface area (Å²) >= 11 is 0. The molecule has 8 nitrogen and oxygen atoms in total. The molecule has 0 bridgehead atoms. The molecule has 0 saturated carbocycles. The maximum atomic E-state index is 12.3. The van der Waals surface area contributed by atoms with Gasteiger partial charge in [-0.25, -0.2) is 14.8 Å². The van der Waals surface area contributed by atoms with Crippen molar-refractivity contribution >= 4 is 12.0 Å². The number of piperazine rings is 1. The van der Waals surface area contributed by atoms with E-state index in [0.717, 1.165) is 50.7 Å². The van der Waals surface area contributed by atoms with Crippen LogP contribution in [0.1, 0.15) is 12.0 Å². The lowest BCUT2D eigenvalue weighted by molar-refractivity contribution is -0.0498. The molecular weight excluding hydrogens is 406 g/mol. The van der Waals surface area contributed by atoms with Crippen molar-refractivity contribution in [2.75, 3.05) is 51.2 Å². The second-order valence-electron chi connectivity index (χ2n) is 7.34. The van der Waals surface area contributed by atoms with Gasteiger partial charge in [0.15, 0.2) is 0 Å². The van der Waals surface area contributed by atoms with Gasteiger partial charge in [0.05, 0.1) is 0 Å². The van der Waals surface area contributed by atoms with Gasteiger partial charge >= 0.3 is 12.6 Å². The molecule has 168 valence electrons. The molecule has 0 atom stereocenters. The summed E-state index contributed by atoms with van der Waals surface area (Å²) in [5.74, 6) is 0.872. The first-order valence-corrected chi connectivity index (χ1v) is 10.3. The van der Waals surface area contributed by atoms with Gasteiger partial charge in [-0.15, -0.1) is 0 Å². The van der Waals surface area contributed by atoms with Crippen molar-refractivity contribution in [2.45, 2.75) is 19.6 Å². The van der Waals surface area contributed by atoms with Crippen molar-refractivity contribution < 1.29 is 18.3 Å².